The van der Waals surface area contributed by atoms with Gasteiger partial charge in [0.1, 0.15) is 54.1 Å². The van der Waals surface area contributed by atoms with Crippen molar-refractivity contribution in [2.24, 2.45) is 22.2 Å². The van der Waals surface area contributed by atoms with Gasteiger partial charge in [0.05, 0.1) is 19.0 Å². The molecular weight excluding hydrogens is 1220 g/mol. The maximum absolute atomic E-state index is 15.0. The molecule has 4 aromatic carbocycles. The zero-order valence-corrected chi connectivity index (χ0v) is 53.2. The molecule has 10 amide bonds. The van der Waals surface area contributed by atoms with Gasteiger partial charge in [0.15, 0.2) is 5.96 Å². The molecule has 0 saturated carbocycles. The van der Waals surface area contributed by atoms with Gasteiger partial charge < -0.3 is 79.9 Å². The Hall–Kier alpha value is -9.48. The van der Waals surface area contributed by atoms with Crippen molar-refractivity contribution in [1.82, 2.24) is 57.8 Å². The zero-order chi connectivity index (χ0) is 67.1. The van der Waals surface area contributed by atoms with E-state index in [0.29, 0.717) is 35.6 Å². The quantitative estimate of drug-likeness (QED) is 0.0101. The monoisotopic (exact) mass is 1310 g/mol. The molecule has 5 rings (SSSR count). The minimum atomic E-state index is -1.46. The Bertz CT molecular complexity index is 3250. The summed E-state index contributed by atoms with van der Waals surface area (Å²) in [6.07, 6.45) is 1.31. The number of imidazole rings is 1. The minimum absolute atomic E-state index is 0.0393. The molecular formula is C63H83N15O12S2. The molecule has 0 unspecified atom stereocenters. The highest BCUT2D eigenvalue weighted by atomic mass is 32.1. The van der Waals surface area contributed by atoms with E-state index in [4.69, 9.17) is 21.9 Å². The predicted molar refractivity (Wildman–Crippen MR) is 351 cm³/mol. The number of carbonyl (C=O) groups excluding carboxylic acids is 10. The Labute approximate surface area is 544 Å². The number of primary amides is 1. The van der Waals surface area contributed by atoms with Gasteiger partial charge in [-0.15, -0.1) is 0 Å². The second kappa shape index (κ2) is 38.3. The number of ether oxygens (including phenoxy) is 1. The average molecular weight is 1310 g/mol. The molecule has 92 heavy (non-hydrogen) atoms. The van der Waals surface area contributed by atoms with Gasteiger partial charge in [-0.3, -0.25) is 52.9 Å². The van der Waals surface area contributed by atoms with Crippen LogP contribution in [0.3, 0.4) is 0 Å². The lowest BCUT2D eigenvalue weighted by Crippen LogP contribution is -2.60. The number of hydrogen-bond acceptors (Lipinski definition) is 16. The molecule has 0 radical (unpaired) electrons. The summed E-state index contributed by atoms with van der Waals surface area (Å²) in [5.41, 5.74) is 20.6. The van der Waals surface area contributed by atoms with Gasteiger partial charge in [0, 0.05) is 75.5 Å². The van der Waals surface area contributed by atoms with Gasteiger partial charge in [0.2, 0.25) is 59.1 Å². The van der Waals surface area contributed by atoms with Gasteiger partial charge in [-0.05, 0) is 73.1 Å². The average Bonchev–Trinajstić information content (AvgIpc) is 1.20. The number of aromatic amines is 1. The van der Waals surface area contributed by atoms with E-state index < -0.39 is 114 Å². The van der Waals surface area contributed by atoms with E-state index in [0.717, 1.165) is 16.7 Å². The predicted octanol–water partition coefficient (Wildman–Crippen LogP) is -0.680. The third-order valence-corrected chi connectivity index (χ3v) is 15.0. The van der Waals surface area contributed by atoms with Crippen LogP contribution in [-0.4, -0.2) is 166 Å². The van der Waals surface area contributed by atoms with E-state index in [1.807, 2.05) is 49.4 Å². The molecule has 1 aromatic heterocycles. The fraction of sp³-hybridized carbons (Fsp3) is 0.397. The highest BCUT2D eigenvalue weighted by Crippen LogP contribution is 2.21. The van der Waals surface area contributed by atoms with Crippen LogP contribution in [0, 0.1) is 0 Å². The number of aliphatic imine (C=N–C) groups is 1. The first kappa shape index (κ1) is 73.3. The Kier molecular flexibility index (Phi) is 30.5. The molecule has 0 spiro atoms. The Morgan fingerprint density at radius 1 is 0.565 bits per heavy atom. The van der Waals surface area contributed by atoms with Crippen molar-refractivity contribution >= 4 is 90.3 Å². The number of unbranched alkanes of at least 4 members (excludes halogenated alkanes) is 1. The van der Waals surface area contributed by atoms with Gasteiger partial charge in [-0.1, -0.05) is 97.1 Å². The van der Waals surface area contributed by atoms with E-state index in [2.05, 4.69) is 88.1 Å². The van der Waals surface area contributed by atoms with Gasteiger partial charge in [-0.25, -0.2) is 4.98 Å². The molecule has 0 bridgehead atoms. The number of H-pyrrole nitrogens is 1. The number of nitrogens with two attached hydrogens (primary N) is 3. The van der Waals surface area contributed by atoms with E-state index in [1.165, 1.54) is 26.4 Å². The molecule has 9 atom stereocenters. The maximum Gasteiger partial charge on any atom is 0.244 e. The lowest BCUT2D eigenvalue weighted by molar-refractivity contribution is -0.135. The zero-order valence-electron chi connectivity index (χ0n) is 51.4. The van der Waals surface area contributed by atoms with Crippen molar-refractivity contribution in [3.8, 4) is 16.9 Å². The smallest absolute Gasteiger partial charge is 0.244 e. The van der Waals surface area contributed by atoms with Crippen molar-refractivity contribution in [2.45, 2.75) is 127 Å². The second-order valence-corrected chi connectivity index (χ2v) is 22.3. The van der Waals surface area contributed by atoms with Crippen LogP contribution >= 0.6 is 25.3 Å². The number of hydrogen-bond donors (Lipinski definition) is 16. The summed E-state index contributed by atoms with van der Waals surface area (Å²) < 4.78 is 5.65. The standard InChI is InChI=1S/C63H83N15O12S2/c1-4-90-45-24-20-41(21-25-45)31-49(75-60(87)50(32-44-33-67-36-70-44)76-61(88)52(35-92)77-58(85)48(71-38(3)80)29-39-13-7-5-8-14-39)59(86)73-46(17-11-12-27-69-63(65)66)57(84)74-47(30-40-18-22-43(23-19-40)42-15-9-6-10-16-42)56(83)68-28-26-53(81)72-51(34-91)62(89)78-54(37(2)79)55(64)82/h5-10,13-16,18-25,33,36-37,46-52,54,79,91-92H,4,11-12,17,26-32,34-35H2,1-3H3,(H2,64,82)(H,67,70)(H,68,83)(H,71,80)(H,72,81)(H,73,86)(H,74,84)(H,75,87)(H,76,88)(H,77,85)(H,78,89)(H4,65,66,69)/t37-,46+,47+,48-,49-,50+,51-,52+,54+/m1/s1. The Balaban J connectivity index is 1.43. The van der Waals surface area contributed by atoms with Crippen LogP contribution in [0.2, 0.25) is 0 Å². The number of thiol groups is 2. The van der Waals surface area contributed by atoms with Crippen LogP contribution in [0.15, 0.2) is 127 Å². The largest absolute Gasteiger partial charge is 0.494 e. The lowest BCUT2D eigenvalue weighted by atomic mass is 9.99. The number of benzene rings is 4. The van der Waals surface area contributed by atoms with Crippen LogP contribution in [0.1, 0.15) is 68.8 Å². The van der Waals surface area contributed by atoms with E-state index in [1.54, 1.807) is 66.7 Å². The summed E-state index contributed by atoms with van der Waals surface area (Å²) in [5, 5.41) is 33.8. The lowest BCUT2D eigenvalue weighted by Gasteiger charge is -2.27. The van der Waals surface area contributed by atoms with Crippen molar-refractivity contribution in [3.63, 3.8) is 0 Å². The topological polar surface area (TPSA) is 428 Å². The van der Waals surface area contributed by atoms with Crippen molar-refractivity contribution in [2.75, 3.05) is 31.2 Å². The highest BCUT2D eigenvalue weighted by Gasteiger charge is 2.35. The maximum atomic E-state index is 15.0. The molecule has 1 heterocycles. The normalized spacial score (nSPS) is 13.8. The SMILES string of the molecule is CCOc1ccc(C[C@@H](NC(=O)[C@H](Cc2cnc[nH]2)NC(=O)[C@H](CS)NC(=O)[C@@H](Cc2ccccc2)NC(C)=O)C(=O)N[C@@H](CCCCN=C(N)N)C(=O)N[C@@H](Cc2ccc(-c3ccccc3)cc2)C(=O)NCCC(=O)N[C@H](CS)C(=O)N[C@H](C(N)=O)[C@@H](C)O)cc1. The molecule has 29 heteroatoms. The van der Waals surface area contributed by atoms with Crippen LogP contribution < -0.4 is 69.8 Å². The molecule has 0 saturated heterocycles. The molecule has 17 N–H and O–H groups in total. The van der Waals surface area contributed by atoms with E-state index in [9.17, 15) is 48.3 Å². The molecule has 0 aliphatic heterocycles. The van der Waals surface area contributed by atoms with Crippen molar-refractivity contribution in [1.29, 1.82) is 0 Å². The van der Waals surface area contributed by atoms with Crippen LogP contribution in [0.4, 0.5) is 0 Å². The highest BCUT2D eigenvalue weighted by molar-refractivity contribution is 7.80. The van der Waals surface area contributed by atoms with E-state index >= 15 is 4.79 Å². The molecule has 0 fully saturated rings. The third kappa shape index (κ3) is 25.1. The first-order chi connectivity index (χ1) is 44.1. The summed E-state index contributed by atoms with van der Waals surface area (Å²) >= 11 is 8.51. The summed E-state index contributed by atoms with van der Waals surface area (Å²) in [6.45, 7) is 4.56. The first-order valence-electron chi connectivity index (χ1n) is 29.9. The van der Waals surface area contributed by atoms with Crippen molar-refractivity contribution < 1.29 is 57.8 Å². The molecule has 0 aliphatic rings. The fourth-order valence-corrected chi connectivity index (χ4v) is 9.95. The number of nitrogens with one attached hydrogen (secondary N) is 10. The Morgan fingerprint density at radius 2 is 1.03 bits per heavy atom. The van der Waals surface area contributed by atoms with E-state index in [-0.39, 0.29) is 75.5 Å². The van der Waals surface area contributed by atoms with Gasteiger partial charge in [0.25, 0.3) is 0 Å². The number of aromatic nitrogens is 2. The summed E-state index contributed by atoms with van der Waals surface area (Å²) in [5.74, 6) is -7.89. The second-order valence-electron chi connectivity index (χ2n) is 21.5. The number of aliphatic hydroxyl groups excluding tert-OH is 1. The first-order valence-corrected chi connectivity index (χ1v) is 31.1. The van der Waals surface area contributed by atoms with Gasteiger partial charge >= 0.3 is 0 Å². The van der Waals surface area contributed by atoms with Crippen molar-refractivity contribution in [3.05, 3.63) is 144 Å². The molecule has 27 nitrogen and oxygen atoms in total. The number of amides is 10. The Morgan fingerprint density at radius 3 is 1.55 bits per heavy atom. The number of rotatable bonds is 38. The van der Waals surface area contributed by atoms with Crippen LogP contribution in [0.25, 0.3) is 11.1 Å². The summed E-state index contributed by atoms with van der Waals surface area (Å²) in [7, 11) is 0. The molecule has 5 aromatic rings. The summed E-state index contributed by atoms with van der Waals surface area (Å²) in [6, 6.07) is 21.7. The number of nitrogens with zero attached hydrogens (tertiary/aromatic N) is 2. The number of guanidine groups is 1. The summed E-state index contributed by atoms with van der Waals surface area (Å²) in [4.78, 5) is 148. The fourth-order valence-electron chi connectivity index (χ4n) is 9.43. The molecule has 494 valence electrons. The number of carbonyl (C=O) groups is 10. The number of aliphatic hydroxyl groups is 1. The van der Waals surface area contributed by atoms with Gasteiger partial charge in [-0.2, -0.15) is 25.3 Å². The van der Waals surface area contributed by atoms with Crippen LogP contribution in [0.5, 0.6) is 5.75 Å². The molecule has 0 aliphatic carbocycles. The minimum Gasteiger partial charge on any atom is -0.494 e. The van der Waals surface area contributed by atoms with Crippen LogP contribution in [-0.2, 0) is 73.6 Å². The third-order valence-electron chi connectivity index (χ3n) is 14.2.